The summed E-state index contributed by atoms with van der Waals surface area (Å²) in [6, 6.07) is 4.83. The smallest absolute Gasteiger partial charge is 0.240 e. The lowest BCUT2D eigenvalue weighted by Crippen LogP contribution is -1.97. The zero-order valence-electron chi connectivity index (χ0n) is 7.84. The Kier molecular flexibility index (Phi) is 4.17. The van der Waals surface area contributed by atoms with Gasteiger partial charge in [-0.2, -0.15) is 4.99 Å². The molecule has 0 fully saturated rings. The number of nitrogens with two attached hydrogens (primary N) is 1. The number of carbonyl (C=O) groups excluding carboxylic acids is 1. The molecule has 0 saturated carbocycles. The predicted octanol–water partition coefficient (Wildman–Crippen LogP) is 0.224. The SMILES string of the molecule is NCc1ccc(C[SH](=O)=O)cc1N=C=O. The third-order valence-electron chi connectivity index (χ3n) is 1.85. The first-order valence-corrected chi connectivity index (χ1v) is 5.55. The monoisotopic (exact) mass is 226 g/mol. The quantitative estimate of drug-likeness (QED) is 0.436. The minimum absolute atomic E-state index is 0.0679. The number of nitrogens with zero attached hydrogens (tertiary/aromatic N) is 1. The molecule has 1 aromatic carbocycles. The Balaban J connectivity index is 3.14. The van der Waals surface area contributed by atoms with Crippen molar-refractivity contribution in [2.45, 2.75) is 12.3 Å². The van der Waals surface area contributed by atoms with Crippen LogP contribution in [0.4, 0.5) is 5.69 Å². The molecule has 0 aliphatic heterocycles. The first kappa shape index (κ1) is 11.6. The molecular formula is C9H10N2O3S. The van der Waals surface area contributed by atoms with Gasteiger partial charge in [0.25, 0.3) is 0 Å². The highest BCUT2D eigenvalue weighted by Crippen LogP contribution is 2.20. The second kappa shape index (κ2) is 5.41. The Labute approximate surface area is 88.6 Å². The lowest BCUT2D eigenvalue weighted by molar-refractivity contribution is 0.565. The van der Waals surface area contributed by atoms with E-state index in [1.54, 1.807) is 12.1 Å². The largest absolute Gasteiger partial charge is 0.326 e. The Morgan fingerprint density at radius 3 is 2.67 bits per heavy atom. The minimum atomic E-state index is -2.48. The third kappa shape index (κ3) is 3.28. The van der Waals surface area contributed by atoms with Crippen LogP contribution in [0.5, 0.6) is 0 Å². The van der Waals surface area contributed by atoms with E-state index in [0.717, 1.165) is 0 Å². The van der Waals surface area contributed by atoms with Crippen LogP contribution < -0.4 is 5.73 Å². The number of rotatable bonds is 4. The fourth-order valence-electron chi connectivity index (χ4n) is 1.18. The van der Waals surface area contributed by atoms with Crippen molar-refractivity contribution in [3.05, 3.63) is 29.3 Å². The summed E-state index contributed by atoms with van der Waals surface area (Å²) in [6.45, 7) is 0.240. The van der Waals surface area contributed by atoms with Crippen molar-refractivity contribution in [2.75, 3.05) is 0 Å². The van der Waals surface area contributed by atoms with Crippen molar-refractivity contribution in [1.82, 2.24) is 0 Å². The first-order valence-electron chi connectivity index (χ1n) is 4.19. The number of aliphatic imine (C=N–C) groups is 1. The summed E-state index contributed by atoms with van der Waals surface area (Å²) in [5.74, 6) is -0.0679. The van der Waals surface area contributed by atoms with Crippen molar-refractivity contribution in [1.29, 1.82) is 0 Å². The van der Waals surface area contributed by atoms with Crippen LogP contribution in [0.2, 0.25) is 0 Å². The number of isocyanates is 1. The molecule has 2 N–H and O–H groups in total. The Morgan fingerprint density at radius 2 is 2.13 bits per heavy atom. The summed E-state index contributed by atoms with van der Waals surface area (Å²) < 4.78 is 21.0. The molecule has 1 aromatic rings. The van der Waals surface area contributed by atoms with Gasteiger partial charge in [0, 0.05) is 6.54 Å². The van der Waals surface area contributed by atoms with Gasteiger partial charge in [0.15, 0.2) is 0 Å². The van der Waals surface area contributed by atoms with Crippen molar-refractivity contribution in [2.24, 2.45) is 10.7 Å². The van der Waals surface area contributed by atoms with E-state index in [9.17, 15) is 13.2 Å². The van der Waals surface area contributed by atoms with Crippen molar-refractivity contribution in [3.8, 4) is 0 Å². The first-order chi connectivity index (χ1) is 7.17. The molecule has 15 heavy (non-hydrogen) atoms. The normalized spacial score (nSPS) is 10.0. The Hall–Kier alpha value is -1.49. The molecule has 0 aromatic heterocycles. The molecule has 0 aliphatic carbocycles. The predicted molar refractivity (Wildman–Crippen MR) is 56.1 cm³/mol. The van der Waals surface area contributed by atoms with E-state index in [4.69, 9.17) is 5.73 Å². The van der Waals surface area contributed by atoms with Gasteiger partial charge in [0.1, 0.15) is 10.7 Å². The Morgan fingerprint density at radius 1 is 1.40 bits per heavy atom. The van der Waals surface area contributed by atoms with Crippen LogP contribution in [0.3, 0.4) is 0 Å². The van der Waals surface area contributed by atoms with Gasteiger partial charge in [-0.3, -0.25) is 0 Å². The second-order valence-corrected chi connectivity index (χ2v) is 3.84. The maximum Gasteiger partial charge on any atom is 0.240 e. The molecule has 0 amide bonds. The lowest BCUT2D eigenvalue weighted by atomic mass is 10.1. The highest BCUT2D eigenvalue weighted by molar-refractivity contribution is 7.71. The molecule has 6 heteroatoms. The van der Waals surface area contributed by atoms with Crippen LogP contribution in [-0.2, 0) is 27.8 Å². The summed E-state index contributed by atoms with van der Waals surface area (Å²) in [4.78, 5) is 13.6. The van der Waals surface area contributed by atoms with E-state index in [2.05, 4.69) is 4.99 Å². The van der Waals surface area contributed by atoms with Gasteiger partial charge < -0.3 is 5.73 Å². The molecule has 0 bridgehead atoms. The van der Waals surface area contributed by atoms with E-state index in [-0.39, 0.29) is 12.3 Å². The summed E-state index contributed by atoms with van der Waals surface area (Å²) >= 11 is 0. The average molecular weight is 226 g/mol. The summed E-state index contributed by atoms with van der Waals surface area (Å²) in [5.41, 5.74) is 7.06. The molecule has 0 spiro atoms. The molecule has 0 saturated heterocycles. The van der Waals surface area contributed by atoms with E-state index < -0.39 is 10.7 Å². The topological polar surface area (TPSA) is 89.6 Å². The number of hydrogen-bond donors (Lipinski definition) is 2. The second-order valence-electron chi connectivity index (χ2n) is 2.86. The van der Waals surface area contributed by atoms with Gasteiger partial charge in [-0.15, -0.1) is 0 Å². The minimum Gasteiger partial charge on any atom is -0.326 e. The average Bonchev–Trinajstić information content (AvgIpc) is 2.18. The van der Waals surface area contributed by atoms with Crippen LogP contribution in [0, 0.1) is 0 Å². The maximum absolute atomic E-state index is 10.5. The van der Waals surface area contributed by atoms with E-state index in [1.165, 1.54) is 12.1 Å². The fourth-order valence-corrected chi connectivity index (χ4v) is 1.68. The molecule has 1 rings (SSSR count). The number of benzene rings is 1. The number of thiol groups is 1. The van der Waals surface area contributed by atoms with Gasteiger partial charge in [0.05, 0.1) is 11.4 Å². The van der Waals surface area contributed by atoms with Gasteiger partial charge in [-0.25, -0.2) is 13.2 Å². The number of hydrogen-bond acceptors (Lipinski definition) is 5. The molecular weight excluding hydrogens is 216 g/mol. The summed E-state index contributed by atoms with van der Waals surface area (Å²) in [5, 5.41) is 0. The van der Waals surface area contributed by atoms with E-state index in [0.29, 0.717) is 16.8 Å². The summed E-state index contributed by atoms with van der Waals surface area (Å²) in [6.07, 6.45) is 1.41. The zero-order valence-corrected chi connectivity index (χ0v) is 8.74. The van der Waals surface area contributed by atoms with E-state index in [1.807, 2.05) is 0 Å². The molecule has 0 aliphatic rings. The maximum atomic E-state index is 10.5. The van der Waals surface area contributed by atoms with Gasteiger partial charge >= 0.3 is 0 Å². The van der Waals surface area contributed by atoms with Gasteiger partial charge in [0.2, 0.25) is 6.08 Å². The molecule has 80 valence electrons. The van der Waals surface area contributed by atoms with Crippen LogP contribution >= 0.6 is 0 Å². The van der Waals surface area contributed by atoms with Crippen molar-refractivity contribution in [3.63, 3.8) is 0 Å². The highest BCUT2D eigenvalue weighted by Gasteiger charge is 2.02. The van der Waals surface area contributed by atoms with E-state index >= 15 is 0 Å². The van der Waals surface area contributed by atoms with Crippen LogP contribution in [-0.4, -0.2) is 14.5 Å². The molecule has 0 heterocycles. The van der Waals surface area contributed by atoms with Crippen LogP contribution in [0.15, 0.2) is 23.2 Å². The summed E-state index contributed by atoms with van der Waals surface area (Å²) in [7, 11) is -2.48. The zero-order chi connectivity index (χ0) is 11.3. The Bertz CT molecular complexity index is 468. The van der Waals surface area contributed by atoms with Crippen LogP contribution in [0.1, 0.15) is 11.1 Å². The van der Waals surface area contributed by atoms with Gasteiger partial charge in [-0.1, -0.05) is 12.1 Å². The van der Waals surface area contributed by atoms with Crippen LogP contribution in [0.25, 0.3) is 0 Å². The standard InChI is InChI=1S/C9H10N2O3S/c10-4-8-2-1-7(5-15(13)14)3-9(8)11-6-12/h1-3,15H,4-5,10H2. The molecule has 5 nitrogen and oxygen atoms in total. The third-order valence-corrected chi connectivity index (χ3v) is 2.47. The van der Waals surface area contributed by atoms with Crippen molar-refractivity contribution < 1.29 is 13.2 Å². The van der Waals surface area contributed by atoms with Crippen molar-refractivity contribution >= 4 is 22.5 Å². The molecule has 0 unspecified atom stereocenters. The van der Waals surface area contributed by atoms with Gasteiger partial charge in [-0.05, 0) is 17.2 Å². The highest BCUT2D eigenvalue weighted by atomic mass is 32.2. The fraction of sp³-hybridized carbons (Fsp3) is 0.222. The lowest BCUT2D eigenvalue weighted by Gasteiger charge is -2.02. The molecule has 0 radical (unpaired) electrons. The molecule has 0 atom stereocenters.